The van der Waals surface area contributed by atoms with Crippen LogP contribution in [0.15, 0.2) is 48.5 Å². The lowest BCUT2D eigenvalue weighted by molar-refractivity contribution is -0.0382. The molecule has 228 valence electrons. The van der Waals surface area contributed by atoms with Crippen molar-refractivity contribution in [1.29, 1.82) is 0 Å². The second-order valence-corrected chi connectivity index (χ2v) is 11.1. The molecule has 0 bridgehead atoms. The Labute approximate surface area is 245 Å². The first-order chi connectivity index (χ1) is 20.4. The van der Waals surface area contributed by atoms with Crippen molar-refractivity contribution >= 4 is 29.1 Å². The number of fused-ring (bicyclic) bond motifs is 1. The molecule has 5 rings (SSSR count). The van der Waals surface area contributed by atoms with E-state index in [9.17, 15) is 27.9 Å². The van der Waals surface area contributed by atoms with Crippen LogP contribution in [0.3, 0.4) is 0 Å². The van der Waals surface area contributed by atoms with Crippen molar-refractivity contribution in [3.8, 4) is 22.6 Å². The van der Waals surface area contributed by atoms with Gasteiger partial charge in [0.15, 0.2) is 11.5 Å². The zero-order valence-corrected chi connectivity index (χ0v) is 23.6. The third-order valence-electron chi connectivity index (χ3n) is 7.46. The van der Waals surface area contributed by atoms with Crippen molar-refractivity contribution in [1.82, 2.24) is 0 Å². The minimum atomic E-state index is -2.79. The van der Waals surface area contributed by atoms with E-state index in [1.54, 1.807) is 18.2 Å². The van der Waals surface area contributed by atoms with E-state index in [0.717, 1.165) is 24.3 Å². The number of amides is 2. The summed E-state index contributed by atoms with van der Waals surface area (Å²) in [6.45, 7) is 4.28. The van der Waals surface area contributed by atoms with E-state index in [0.29, 0.717) is 23.7 Å². The first-order valence-corrected chi connectivity index (χ1v) is 13.9. The SMILES string of the molecule is CC(C)CN(c1cc(F)c(-c2cc(F)ccc2C(=O)O)cc1NC(=O)Nc1ccc2c(c1)OCO2)C1CCC(F)(F)CC1. The van der Waals surface area contributed by atoms with E-state index in [4.69, 9.17) is 9.47 Å². The van der Waals surface area contributed by atoms with Crippen molar-refractivity contribution in [2.24, 2.45) is 5.92 Å². The zero-order chi connectivity index (χ0) is 30.9. The smallest absolute Gasteiger partial charge is 0.336 e. The van der Waals surface area contributed by atoms with Gasteiger partial charge in [-0.05, 0) is 61.2 Å². The molecule has 3 N–H and O–H groups in total. The van der Waals surface area contributed by atoms with Crippen LogP contribution in [0.25, 0.3) is 11.1 Å². The van der Waals surface area contributed by atoms with Gasteiger partial charge in [-0.25, -0.2) is 27.2 Å². The van der Waals surface area contributed by atoms with Gasteiger partial charge >= 0.3 is 12.0 Å². The summed E-state index contributed by atoms with van der Waals surface area (Å²) in [7, 11) is 0. The molecular weight excluding hydrogens is 570 g/mol. The lowest BCUT2D eigenvalue weighted by Gasteiger charge is -2.40. The van der Waals surface area contributed by atoms with Crippen LogP contribution >= 0.6 is 0 Å². The number of carboxylic acids is 1. The van der Waals surface area contributed by atoms with Crippen LogP contribution < -0.4 is 25.0 Å². The molecule has 0 radical (unpaired) electrons. The molecule has 3 aromatic carbocycles. The molecule has 0 unspecified atom stereocenters. The van der Waals surface area contributed by atoms with E-state index in [2.05, 4.69) is 10.6 Å². The third kappa shape index (κ3) is 6.79. The first-order valence-electron chi connectivity index (χ1n) is 13.9. The largest absolute Gasteiger partial charge is 0.478 e. The quantitative estimate of drug-likeness (QED) is 0.229. The van der Waals surface area contributed by atoms with Crippen LogP contribution in [-0.4, -0.2) is 42.4 Å². The van der Waals surface area contributed by atoms with E-state index >= 15 is 4.39 Å². The highest BCUT2D eigenvalue weighted by Crippen LogP contribution is 2.42. The summed E-state index contributed by atoms with van der Waals surface area (Å²) in [6.07, 6.45) is -0.352. The lowest BCUT2D eigenvalue weighted by atomic mass is 9.90. The minimum absolute atomic E-state index is 0.0438. The average molecular weight is 602 g/mol. The molecule has 1 aliphatic carbocycles. The molecule has 2 aliphatic rings. The Morgan fingerprint density at radius 3 is 2.40 bits per heavy atom. The number of hydrogen-bond acceptors (Lipinski definition) is 5. The highest BCUT2D eigenvalue weighted by molar-refractivity contribution is 6.03. The summed E-state index contributed by atoms with van der Waals surface area (Å²) in [6, 6.07) is 9.00. The molecular formula is C31H31F4N3O5. The van der Waals surface area contributed by atoms with Gasteiger partial charge in [0.1, 0.15) is 11.6 Å². The zero-order valence-electron chi connectivity index (χ0n) is 23.6. The maximum Gasteiger partial charge on any atom is 0.336 e. The number of nitrogens with zero attached hydrogens (tertiary/aromatic N) is 1. The molecule has 8 nitrogen and oxygen atoms in total. The molecule has 1 fully saturated rings. The van der Waals surface area contributed by atoms with Gasteiger partial charge in [0.25, 0.3) is 0 Å². The molecule has 2 amide bonds. The molecule has 0 aromatic heterocycles. The summed E-state index contributed by atoms with van der Waals surface area (Å²) < 4.78 is 68.9. The maximum atomic E-state index is 15.9. The van der Waals surface area contributed by atoms with E-state index in [1.165, 1.54) is 6.07 Å². The second kappa shape index (κ2) is 12.0. The van der Waals surface area contributed by atoms with Crippen molar-refractivity contribution in [3.63, 3.8) is 0 Å². The Balaban J connectivity index is 1.57. The highest BCUT2D eigenvalue weighted by Gasteiger charge is 2.38. The fourth-order valence-corrected chi connectivity index (χ4v) is 5.47. The second-order valence-electron chi connectivity index (χ2n) is 11.1. The summed E-state index contributed by atoms with van der Waals surface area (Å²) in [5.74, 6) is -4.82. The van der Waals surface area contributed by atoms with Crippen molar-refractivity contribution < 1.29 is 41.7 Å². The number of carboxylic acid groups (broad SMARTS) is 1. The van der Waals surface area contributed by atoms with Gasteiger partial charge in [-0.15, -0.1) is 0 Å². The van der Waals surface area contributed by atoms with Gasteiger partial charge in [0, 0.05) is 48.3 Å². The summed E-state index contributed by atoms with van der Waals surface area (Å²) in [4.78, 5) is 27.0. The highest BCUT2D eigenvalue weighted by atomic mass is 19.3. The van der Waals surface area contributed by atoms with Gasteiger partial charge < -0.3 is 30.1 Å². The van der Waals surface area contributed by atoms with Gasteiger partial charge in [0.05, 0.1) is 16.9 Å². The number of ether oxygens (including phenoxy) is 2. The van der Waals surface area contributed by atoms with E-state index < -0.39 is 29.6 Å². The molecule has 1 aliphatic heterocycles. The number of aromatic carboxylic acids is 1. The van der Waals surface area contributed by atoms with Gasteiger partial charge in [-0.3, -0.25) is 0 Å². The molecule has 43 heavy (non-hydrogen) atoms. The van der Waals surface area contributed by atoms with Crippen LogP contribution in [0.1, 0.15) is 49.9 Å². The number of anilines is 3. The van der Waals surface area contributed by atoms with E-state index in [1.807, 2.05) is 18.7 Å². The Kier molecular flexibility index (Phi) is 8.38. The van der Waals surface area contributed by atoms with Crippen LogP contribution in [0.5, 0.6) is 11.5 Å². The number of benzene rings is 3. The predicted molar refractivity (Wildman–Crippen MR) is 153 cm³/mol. The van der Waals surface area contributed by atoms with Crippen molar-refractivity contribution in [2.45, 2.75) is 51.5 Å². The molecule has 1 heterocycles. The first kappa shape index (κ1) is 30.0. The molecule has 0 atom stereocenters. The summed E-state index contributed by atoms with van der Waals surface area (Å²) in [5, 5.41) is 15.1. The van der Waals surface area contributed by atoms with Crippen LogP contribution in [0, 0.1) is 17.6 Å². The number of rotatable bonds is 8. The number of carbonyl (C=O) groups is 2. The Hall–Kier alpha value is -4.48. The van der Waals surface area contributed by atoms with Crippen molar-refractivity contribution in [3.05, 3.63) is 65.7 Å². The van der Waals surface area contributed by atoms with Gasteiger partial charge in [-0.1, -0.05) is 13.8 Å². The fourth-order valence-electron chi connectivity index (χ4n) is 5.47. The minimum Gasteiger partial charge on any atom is -0.478 e. The normalized spacial score (nSPS) is 15.8. The standard InChI is InChI=1S/C31H31F4N3O5/c1-17(2)15-38(20-7-9-31(34,35)10-8-20)26-14-24(33)23(22-11-18(32)3-5-21(22)29(39)40)13-25(26)37-30(41)36-19-4-6-27-28(12-19)43-16-42-27/h3-6,11-14,17,20H,7-10,15-16H2,1-2H3,(H,39,40)(H2,36,37,41). The third-order valence-corrected chi connectivity index (χ3v) is 7.46. The molecule has 0 saturated heterocycles. The van der Waals surface area contributed by atoms with Gasteiger partial charge in [-0.2, -0.15) is 0 Å². The lowest BCUT2D eigenvalue weighted by Crippen LogP contribution is -2.43. The number of nitrogens with one attached hydrogen (secondary N) is 2. The average Bonchev–Trinajstić information content (AvgIpc) is 3.40. The number of halogens is 4. The molecule has 1 saturated carbocycles. The molecule has 12 heteroatoms. The van der Waals surface area contributed by atoms with E-state index in [-0.39, 0.29) is 72.5 Å². The maximum absolute atomic E-state index is 15.9. The molecule has 0 spiro atoms. The topological polar surface area (TPSA) is 100 Å². The molecule has 3 aromatic rings. The van der Waals surface area contributed by atoms with Crippen LogP contribution in [0.2, 0.25) is 0 Å². The summed E-state index contributed by atoms with van der Waals surface area (Å²) in [5.41, 5.74) is -0.107. The van der Waals surface area contributed by atoms with Crippen LogP contribution in [-0.2, 0) is 0 Å². The Morgan fingerprint density at radius 2 is 1.70 bits per heavy atom. The predicted octanol–water partition coefficient (Wildman–Crippen LogP) is 7.74. The van der Waals surface area contributed by atoms with Gasteiger partial charge in [0.2, 0.25) is 12.7 Å². The Morgan fingerprint density at radius 1 is 0.977 bits per heavy atom. The summed E-state index contributed by atoms with van der Waals surface area (Å²) >= 11 is 0. The number of alkyl halides is 2. The number of carbonyl (C=O) groups excluding carboxylic acids is 1. The van der Waals surface area contributed by atoms with Crippen LogP contribution in [0.4, 0.5) is 39.4 Å². The Bertz CT molecular complexity index is 1540. The monoisotopic (exact) mass is 601 g/mol. The van der Waals surface area contributed by atoms with Crippen molar-refractivity contribution in [2.75, 3.05) is 28.9 Å². The number of urea groups is 1. The number of hydrogen-bond donors (Lipinski definition) is 3. The fraction of sp³-hybridized carbons (Fsp3) is 0.355.